The molecule has 0 amide bonds. The van der Waals surface area contributed by atoms with Crippen LogP contribution in [-0.2, 0) is 4.74 Å². The van der Waals surface area contributed by atoms with Crippen LogP contribution in [0.25, 0.3) is 0 Å². The molecule has 1 unspecified atom stereocenters. The van der Waals surface area contributed by atoms with Crippen LogP contribution in [0.1, 0.15) is 33.6 Å². The van der Waals surface area contributed by atoms with Crippen molar-refractivity contribution in [1.82, 2.24) is 0 Å². The normalized spacial score (nSPS) is 63.0. The van der Waals surface area contributed by atoms with Crippen molar-refractivity contribution in [2.45, 2.75) is 45.3 Å². The van der Waals surface area contributed by atoms with E-state index in [0.717, 1.165) is 11.8 Å². The van der Waals surface area contributed by atoms with Gasteiger partial charge in [-0.05, 0) is 37.0 Å². The van der Waals surface area contributed by atoms with E-state index in [1.54, 1.807) is 0 Å². The first-order valence-electron chi connectivity index (χ1n) is 4.72. The Hall–Kier alpha value is -0.0400. The number of rotatable bonds is 0. The van der Waals surface area contributed by atoms with E-state index in [2.05, 4.69) is 20.8 Å². The summed E-state index contributed by atoms with van der Waals surface area (Å²) in [5.74, 6) is 1.97. The van der Waals surface area contributed by atoms with Crippen molar-refractivity contribution in [1.29, 1.82) is 0 Å². The van der Waals surface area contributed by atoms with Gasteiger partial charge in [0.05, 0.1) is 11.7 Å². The van der Waals surface area contributed by atoms with Gasteiger partial charge >= 0.3 is 0 Å². The second-order valence-corrected chi connectivity index (χ2v) is 5.39. The average Bonchev–Trinajstić information content (AvgIpc) is 2.68. The van der Waals surface area contributed by atoms with E-state index in [1.807, 2.05) is 0 Å². The van der Waals surface area contributed by atoms with Crippen molar-refractivity contribution in [3.63, 3.8) is 0 Å². The van der Waals surface area contributed by atoms with Crippen LogP contribution in [-0.4, -0.2) is 11.7 Å². The molecular formula is C10H16O. The highest BCUT2D eigenvalue weighted by molar-refractivity contribution is 5.18. The summed E-state index contributed by atoms with van der Waals surface area (Å²) < 4.78 is 5.66. The lowest BCUT2D eigenvalue weighted by Crippen LogP contribution is -2.16. The third-order valence-corrected chi connectivity index (χ3v) is 4.42. The third kappa shape index (κ3) is 0.618. The maximum absolute atomic E-state index is 5.66. The number of hydrogen-bond donors (Lipinski definition) is 0. The molecule has 1 heteroatoms. The van der Waals surface area contributed by atoms with Gasteiger partial charge in [-0.2, -0.15) is 0 Å². The maximum Gasteiger partial charge on any atom is 0.0923 e. The van der Waals surface area contributed by atoms with E-state index >= 15 is 0 Å². The van der Waals surface area contributed by atoms with E-state index in [9.17, 15) is 0 Å². The molecule has 2 aliphatic carbocycles. The van der Waals surface area contributed by atoms with Gasteiger partial charge in [0.1, 0.15) is 0 Å². The van der Waals surface area contributed by atoms with Crippen LogP contribution in [0.5, 0.6) is 0 Å². The van der Waals surface area contributed by atoms with Gasteiger partial charge in [0, 0.05) is 0 Å². The van der Waals surface area contributed by atoms with Crippen LogP contribution in [0.2, 0.25) is 0 Å². The lowest BCUT2D eigenvalue weighted by molar-refractivity contribution is 0.282. The number of hydrogen-bond acceptors (Lipinski definition) is 1. The van der Waals surface area contributed by atoms with Gasteiger partial charge in [0.25, 0.3) is 0 Å². The first-order chi connectivity index (χ1) is 5.04. The molecule has 1 aliphatic heterocycles. The smallest absolute Gasteiger partial charge is 0.0923 e. The standard InChI is InChI=1S/C10H16O/c1-9(2)6-4-8-10(3,11-8)5-7(6)9/h6-8H,4-5H2,1-3H3/t6-,7+,8?,10+/m0/s1. The second-order valence-electron chi connectivity index (χ2n) is 5.39. The average molecular weight is 152 g/mol. The maximum atomic E-state index is 5.66. The predicted octanol–water partition coefficient (Wildman–Crippen LogP) is 2.21. The molecule has 0 aromatic carbocycles. The fraction of sp³-hybridized carbons (Fsp3) is 1.00. The van der Waals surface area contributed by atoms with Crippen LogP contribution >= 0.6 is 0 Å². The van der Waals surface area contributed by atoms with Crippen molar-refractivity contribution < 1.29 is 4.74 Å². The molecule has 3 rings (SSSR count). The van der Waals surface area contributed by atoms with Crippen molar-refractivity contribution in [2.24, 2.45) is 17.3 Å². The molecule has 0 bridgehead atoms. The van der Waals surface area contributed by atoms with Gasteiger partial charge in [0.2, 0.25) is 0 Å². The summed E-state index contributed by atoms with van der Waals surface area (Å²) in [6.45, 7) is 7.11. The molecule has 0 aromatic heterocycles. The molecule has 1 saturated heterocycles. The van der Waals surface area contributed by atoms with Crippen LogP contribution in [0.4, 0.5) is 0 Å². The largest absolute Gasteiger partial charge is 0.366 e. The molecule has 1 nitrogen and oxygen atoms in total. The van der Waals surface area contributed by atoms with E-state index in [0.29, 0.717) is 17.1 Å². The zero-order valence-electron chi connectivity index (χ0n) is 7.55. The van der Waals surface area contributed by atoms with Gasteiger partial charge in [-0.1, -0.05) is 13.8 Å². The topological polar surface area (TPSA) is 12.5 Å². The van der Waals surface area contributed by atoms with E-state index in [1.165, 1.54) is 12.8 Å². The van der Waals surface area contributed by atoms with Gasteiger partial charge in [-0.3, -0.25) is 0 Å². The Morgan fingerprint density at radius 1 is 1.18 bits per heavy atom. The summed E-state index contributed by atoms with van der Waals surface area (Å²) in [5, 5.41) is 0. The minimum absolute atomic E-state index is 0.314. The van der Waals surface area contributed by atoms with Crippen molar-refractivity contribution in [3.8, 4) is 0 Å². The van der Waals surface area contributed by atoms with Crippen LogP contribution in [0.3, 0.4) is 0 Å². The quantitative estimate of drug-likeness (QED) is 0.485. The molecule has 3 aliphatic rings. The van der Waals surface area contributed by atoms with Gasteiger partial charge < -0.3 is 4.74 Å². The van der Waals surface area contributed by atoms with Crippen molar-refractivity contribution in [2.75, 3.05) is 0 Å². The Balaban J connectivity index is 1.85. The first kappa shape index (κ1) is 6.47. The Kier molecular flexibility index (Phi) is 0.820. The fourth-order valence-corrected chi connectivity index (χ4v) is 3.17. The Labute approximate surface area is 68.1 Å². The summed E-state index contributed by atoms with van der Waals surface area (Å²) in [4.78, 5) is 0. The number of epoxide rings is 1. The van der Waals surface area contributed by atoms with E-state index in [-0.39, 0.29) is 0 Å². The molecule has 0 aromatic rings. The van der Waals surface area contributed by atoms with Gasteiger partial charge in [-0.25, -0.2) is 0 Å². The Morgan fingerprint density at radius 2 is 1.91 bits per heavy atom. The molecule has 0 spiro atoms. The zero-order chi connectivity index (χ0) is 7.85. The van der Waals surface area contributed by atoms with Gasteiger partial charge in [0.15, 0.2) is 0 Å². The zero-order valence-corrected chi connectivity index (χ0v) is 7.55. The molecule has 11 heavy (non-hydrogen) atoms. The molecular weight excluding hydrogens is 136 g/mol. The molecule has 0 N–H and O–H groups in total. The summed E-state index contributed by atoms with van der Waals surface area (Å²) in [6, 6.07) is 0. The van der Waals surface area contributed by atoms with Crippen molar-refractivity contribution >= 4 is 0 Å². The highest BCUT2D eigenvalue weighted by atomic mass is 16.6. The number of fused-ring (bicyclic) bond motifs is 2. The van der Waals surface area contributed by atoms with Crippen LogP contribution in [0, 0.1) is 17.3 Å². The SMILES string of the molecule is CC1(C)[C@@H]2C[C@@]3(C)OC3C[C@@H]21. The molecule has 62 valence electrons. The second kappa shape index (κ2) is 1.39. The summed E-state index contributed by atoms with van der Waals surface area (Å²) >= 11 is 0. The highest BCUT2D eigenvalue weighted by Gasteiger charge is 2.70. The molecule has 0 radical (unpaired) electrons. The summed E-state index contributed by atoms with van der Waals surface area (Å²) in [5.41, 5.74) is 0.967. The summed E-state index contributed by atoms with van der Waals surface area (Å²) in [7, 11) is 0. The van der Waals surface area contributed by atoms with Crippen LogP contribution < -0.4 is 0 Å². The highest BCUT2D eigenvalue weighted by Crippen LogP contribution is 2.70. The first-order valence-corrected chi connectivity index (χ1v) is 4.72. The van der Waals surface area contributed by atoms with E-state index in [4.69, 9.17) is 4.74 Å². The van der Waals surface area contributed by atoms with Gasteiger partial charge in [-0.15, -0.1) is 0 Å². The number of ether oxygens (including phenoxy) is 1. The van der Waals surface area contributed by atoms with Crippen molar-refractivity contribution in [3.05, 3.63) is 0 Å². The third-order valence-electron chi connectivity index (χ3n) is 4.42. The molecule has 1 heterocycles. The molecule has 3 fully saturated rings. The monoisotopic (exact) mass is 152 g/mol. The summed E-state index contributed by atoms with van der Waals surface area (Å²) in [6.07, 6.45) is 3.30. The lowest BCUT2D eigenvalue weighted by atomic mass is 9.91. The minimum Gasteiger partial charge on any atom is -0.366 e. The minimum atomic E-state index is 0.314. The Morgan fingerprint density at radius 3 is 2.55 bits per heavy atom. The molecule has 2 saturated carbocycles. The van der Waals surface area contributed by atoms with E-state index < -0.39 is 0 Å². The fourth-order valence-electron chi connectivity index (χ4n) is 3.17. The molecule has 4 atom stereocenters. The predicted molar refractivity (Wildman–Crippen MR) is 43.3 cm³/mol. The lowest BCUT2D eigenvalue weighted by Gasteiger charge is -2.09. The van der Waals surface area contributed by atoms with Crippen LogP contribution in [0.15, 0.2) is 0 Å². The Bertz CT molecular complexity index is 221.